The van der Waals surface area contributed by atoms with Crippen LogP contribution >= 0.6 is 11.8 Å². The molecule has 1 aromatic heterocycles. The zero-order chi connectivity index (χ0) is 18.4. The van der Waals surface area contributed by atoms with Crippen LogP contribution < -0.4 is 4.90 Å². The maximum absolute atomic E-state index is 10.9. The molecule has 1 N–H and O–H groups in total. The van der Waals surface area contributed by atoms with E-state index in [9.17, 15) is 4.79 Å². The number of benzene rings is 1. The fourth-order valence-electron chi connectivity index (χ4n) is 2.39. The average molecular weight is 359 g/mol. The van der Waals surface area contributed by atoms with Crippen molar-refractivity contribution in [3.63, 3.8) is 0 Å². The van der Waals surface area contributed by atoms with Crippen molar-refractivity contribution in [2.24, 2.45) is 0 Å². The van der Waals surface area contributed by atoms with Gasteiger partial charge in [-0.25, -0.2) is 14.8 Å². The molecular weight excluding hydrogens is 334 g/mol. The van der Waals surface area contributed by atoms with Crippen molar-refractivity contribution in [3.8, 4) is 0 Å². The Labute approximate surface area is 153 Å². The summed E-state index contributed by atoms with van der Waals surface area (Å²) in [5, 5.41) is 9.73. The Morgan fingerprint density at radius 1 is 1.16 bits per heavy atom. The fraction of sp³-hybridized carbons (Fsp3) is 0.421. The molecule has 0 atom stereocenters. The lowest BCUT2D eigenvalue weighted by molar-refractivity contribution is 0.0697. The molecule has 0 fully saturated rings. The number of carbonyl (C=O) groups is 1. The highest BCUT2D eigenvalue weighted by molar-refractivity contribution is 7.98. The molecule has 0 saturated heterocycles. The van der Waals surface area contributed by atoms with Crippen molar-refractivity contribution >= 4 is 23.5 Å². The van der Waals surface area contributed by atoms with Gasteiger partial charge in [0.05, 0.1) is 5.56 Å². The summed E-state index contributed by atoms with van der Waals surface area (Å²) in [6.45, 7) is 10.3. The summed E-state index contributed by atoms with van der Waals surface area (Å²) in [7, 11) is 0. The second kappa shape index (κ2) is 8.85. The molecule has 0 saturated carbocycles. The number of hydrogen-bond acceptors (Lipinski definition) is 5. The number of aromatic carboxylic acids is 1. The van der Waals surface area contributed by atoms with Gasteiger partial charge in [-0.15, -0.1) is 0 Å². The number of carboxylic acids is 1. The maximum Gasteiger partial charge on any atom is 0.335 e. The average Bonchev–Trinajstić information content (AvgIpc) is 2.61. The fourth-order valence-corrected chi connectivity index (χ4v) is 3.21. The third kappa shape index (κ3) is 5.19. The molecule has 2 aromatic rings. The lowest BCUT2D eigenvalue weighted by Gasteiger charge is -2.21. The molecule has 0 amide bonds. The maximum atomic E-state index is 10.9. The van der Waals surface area contributed by atoms with Crippen molar-refractivity contribution in [1.29, 1.82) is 0 Å². The van der Waals surface area contributed by atoms with E-state index in [1.807, 2.05) is 12.1 Å². The van der Waals surface area contributed by atoms with Crippen LogP contribution in [0, 0.1) is 0 Å². The molecular formula is C19H25N3O2S. The second-order valence-electron chi connectivity index (χ2n) is 6.05. The number of hydrogen-bond donors (Lipinski definition) is 1. The van der Waals surface area contributed by atoms with Gasteiger partial charge in [0.25, 0.3) is 0 Å². The number of thioether (sulfide) groups is 1. The number of anilines is 1. The van der Waals surface area contributed by atoms with Gasteiger partial charge in [0, 0.05) is 30.6 Å². The third-order valence-corrected chi connectivity index (χ3v) is 4.88. The highest BCUT2D eigenvalue weighted by atomic mass is 32.2. The summed E-state index contributed by atoms with van der Waals surface area (Å²) in [6, 6.07) is 9.02. The molecule has 6 heteroatoms. The minimum atomic E-state index is -0.906. The summed E-state index contributed by atoms with van der Waals surface area (Å²) in [6.07, 6.45) is 0. The molecule has 5 nitrogen and oxygen atoms in total. The predicted octanol–water partition coefficient (Wildman–Crippen LogP) is 4.44. The van der Waals surface area contributed by atoms with Crippen LogP contribution in [0.15, 0.2) is 35.5 Å². The third-order valence-electron chi connectivity index (χ3n) is 3.96. The predicted molar refractivity (Wildman–Crippen MR) is 103 cm³/mol. The Bertz CT molecular complexity index is 713. The van der Waals surface area contributed by atoms with Crippen LogP contribution in [-0.4, -0.2) is 34.1 Å². The normalized spacial score (nSPS) is 10.9. The Morgan fingerprint density at radius 3 is 2.32 bits per heavy atom. The standard InChI is InChI=1S/C19H25N3O2S/c1-5-22(6-2)17-11-16(13(3)4)20-19(21-17)25-12-14-7-9-15(10-8-14)18(23)24/h7-11,13H,5-6,12H2,1-4H3,(H,23,24). The zero-order valence-corrected chi connectivity index (χ0v) is 16.0. The molecule has 0 aliphatic heterocycles. The molecule has 0 spiro atoms. The van der Waals surface area contributed by atoms with Crippen LogP contribution in [0.5, 0.6) is 0 Å². The highest BCUT2D eigenvalue weighted by Crippen LogP contribution is 2.25. The number of rotatable bonds is 8. The van der Waals surface area contributed by atoms with E-state index < -0.39 is 5.97 Å². The van der Waals surface area contributed by atoms with Crippen molar-refractivity contribution < 1.29 is 9.90 Å². The van der Waals surface area contributed by atoms with E-state index in [0.717, 1.165) is 35.3 Å². The molecule has 0 bridgehead atoms. The second-order valence-corrected chi connectivity index (χ2v) is 6.99. The first-order chi connectivity index (χ1) is 11.9. The Morgan fingerprint density at radius 2 is 1.80 bits per heavy atom. The summed E-state index contributed by atoms with van der Waals surface area (Å²) in [5.74, 6) is 1.11. The van der Waals surface area contributed by atoms with E-state index in [2.05, 4.69) is 43.6 Å². The molecule has 134 valence electrons. The van der Waals surface area contributed by atoms with Gasteiger partial charge in [-0.05, 0) is 37.5 Å². The Kier molecular flexibility index (Phi) is 6.82. The van der Waals surface area contributed by atoms with Gasteiger partial charge in [-0.1, -0.05) is 37.7 Å². The summed E-state index contributed by atoms with van der Waals surface area (Å²) in [5.41, 5.74) is 2.40. The largest absolute Gasteiger partial charge is 0.478 e. The van der Waals surface area contributed by atoms with Crippen molar-refractivity contribution in [1.82, 2.24) is 9.97 Å². The van der Waals surface area contributed by atoms with E-state index in [-0.39, 0.29) is 0 Å². The monoisotopic (exact) mass is 359 g/mol. The molecule has 2 rings (SSSR count). The summed E-state index contributed by atoms with van der Waals surface area (Å²) < 4.78 is 0. The van der Waals surface area contributed by atoms with Gasteiger partial charge < -0.3 is 10.0 Å². The first-order valence-electron chi connectivity index (χ1n) is 8.53. The Balaban J connectivity index is 2.18. The molecule has 0 aliphatic rings. The minimum absolute atomic E-state index is 0.302. The summed E-state index contributed by atoms with van der Waals surface area (Å²) >= 11 is 1.58. The van der Waals surface area contributed by atoms with Gasteiger partial charge in [0.2, 0.25) is 0 Å². The smallest absolute Gasteiger partial charge is 0.335 e. The summed E-state index contributed by atoms with van der Waals surface area (Å²) in [4.78, 5) is 22.5. The lowest BCUT2D eigenvalue weighted by atomic mass is 10.1. The van der Waals surface area contributed by atoms with Gasteiger partial charge >= 0.3 is 5.97 Å². The van der Waals surface area contributed by atoms with Crippen LogP contribution in [0.3, 0.4) is 0 Å². The molecule has 0 aliphatic carbocycles. The van der Waals surface area contributed by atoms with Gasteiger partial charge in [-0.3, -0.25) is 0 Å². The van der Waals surface area contributed by atoms with Crippen LogP contribution in [0.4, 0.5) is 5.82 Å². The van der Waals surface area contributed by atoms with Crippen molar-refractivity contribution in [2.75, 3.05) is 18.0 Å². The first kappa shape index (κ1) is 19.2. The van der Waals surface area contributed by atoms with Crippen molar-refractivity contribution in [3.05, 3.63) is 47.2 Å². The minimum Gasteiger partial charge on any atom is -0.478 e. The van der Waals surface area contributed by atoms with Gasteiger partial charge in [0.1, 0.15) is 5.82 Å². The SMILES string of the molecule is CCN(CC)c1cc(C(C)C)nc(SCc2ccc(C(=O)O)cc2)n1. The molecule has 25 heavy (non-hydrogen) atoms. The quantitative estimate of drug-likeness (QED) is 0.555. The van der Waals surface area contributed by atoms with E-state index in [1.165, 1.54) is 0 Å². The first-order valence-corrected chi connectivity index (χ1v) is 9.52. The van der Waals surface area contributed by atoms with Crippen LogP contribution in [0.2, 0.25) is 0 Å². The number of nitrogens with zero attached hydrogens (tertiary/aromatic N) is 3. The molecule has 1 heterocycles. The molecule has 0 radical (unpaired) electrons. The topological polar surface area (TPSA) is 66.3 Å². The van der Waals surface area contributed by atoms with Crippen molar-refractivity contribution in [2.45, 2.75) is 44.5 Å². The van der Waals surface area contributed by atoms with E-state index in [4.69, 9.17) is 10.1 Å². The zero-order valence-electron chi connectivity index (χ0n) is 15.2. The lowest BCUT2D eigenvalue weighted by Crippen LogP contribution is -2.23. The number of aromatic nitrogens is 2. The Hall–Kier alpha value is -2.08. The van der Waals surface area contributed by atoms with E-state index >= 15 is 0 Å². The van der Waals surface area contributed by atoms with Crippen LogP contribution in [0.1, 0.15) is 55.2 Å². The number of carboxylic acid groups (broad SMARTS) is 1. The van der Waals surface area contributed by atoms with Crippen LogP contribution in [-0.2, 0) is 5.75 Å². The van der Waals surface area contributed by atoms with Crippen LogP contribution in [0.25, 0.3) is 0 Å². The van der Waals surface area contributed by atoms with Gasteiger partial charge in [0.15, 0.2) is 5.16 Å². The van der Waals surface area contributed by atoms with E-state index in [0.29, 0.717) is 17.2 Å². The van der Waals surface area contributed by atoms with Gasteiger partial charge in [-0.2, -0.15) is 0 Å². The van der Waals surface area contributed by atoms with E-state index in [1.54, 1.807) is 23.9 Å². The molecule has 1 aromatic carbocycles. The highest BCUT2D eigenvalue weighted by Gasteiger charge is 2.12. The molecule has 0 unspecified atom stereocenters.